The number of hydrogen-bond acceptors (Lipinski definition) is 5. The van der Waals surface area contributed by atoms with Gasteiger partial charge in [-0.25, -0.2) is 4.79 Å². The largest absolute Gasteiger partial charge is 0.463 e. The summed E-state index contributed by atoms with van der Waals surface area (Å²) in [6.45, 7) is 4.23. The van der Waals surface area contributed by atoms with Crippen LogP contribution in [0.25, 0.3) is 0 Å². The van der Waals surface area contributed by atoms with Gasteiger partial charge in [0.05, 0.1) is 12.2 Å². The van der Waals surface area contributed by atoms with Gasteiger partial charge >= 0.3 is 5.97 Å². The van der Waals surface area contributed by atoms with Crippen molar-refractivity contribution in [2.75, 3.05) is 12.9 Å². The molecule has 2 unspecified atom stereocenters. The van der Waals surface area contributed by atoms with Crippen LogP contribution in [0.1, 0.15) is 31.9 Å². The van der Waals surface area contributed by atoms with Crippen LogP contribution in [0.4, 0.5) is 0 Å². The maximum absolute atomic E-state index is 12.3. The van der Waals surface area contributed by atoms with E-state index in [4.69, 9.17) is 4.74 Å². The van der Waals surface area contributed by atoms with Gasteiger partial charge in [-0.1, -0.05) is 37.3 Å². The third-order valence-corrected chi connectivity index (χ3v) is 4.20. The summed E-state index contributed by atoms with van der Waals surface area (Å²) in [5.41, 5.74) is 2.73. The fourth-order valence-electron chi connectivity index (χ4n) is 2.45. The Labute approximate surface area is 129 Å². The van der Waals surface area contributed by atoms with E-state index in [1.807, 2.05) is 50.4 Å². The van der Waals surface area contributed by atoms with Crippen LogP contribution in [-0.2, 0) is 9.53 Å². The Kier molecular flexibility index (Phi) is 5.56. The van der Waals surface area contributed by atoms with E-state index < -0.39 is 0 Å². The smallest absolute Gasteiger partial charge is 0.337 e. The van der Waals surface area contributed by atoms with Crippen LogP contribution in [0.15, 0.2) is 51.7 Å². The molecule has 0 aromatic heterocycles. The lowest BCUT2D eigenvalue weighted by atomic mass is 9.92. The van der Waals surface area contributed by atoms with Crippen LogP contribution in [0.3, 0.4) is 0 Å². The van der Waals surface area contributed by atoms with Crippen LogP contribution < -0.4 is 0 Å². The Morgan fingerprint density at radius 1 is 1.24 bits per heavy atom. The van der Waals surface area contributed by atoms with E-state index in [-0.39, 0.29) is 17.4 Å². The van der Waals surface area contributed by atoms with Gasteiger partial charge in [0, 0.05) is 0 Å². The first-order chi connectivity index (χ1) is 10.2. The van der Waals surface area contributed by atoms with Crippen molar-refractivity contribution in [3.8, 4) is 0 Å². The molecule has 1 aliphatic heterocycles. The number of ether oxygens (including phenoxy) is 1. The lowest BCUT2D eigenvalue weighted by Gasteiger charge is -2.26. The summed E-state index contributed by atoms with van der Waals surface area (Å²) in [5, 5.41) is 8.49. The Balaban J connectivity index is 2.46. The molecule has 5 heteroatoms. The lowest BCUT2D eigenvalue weighted by Crippen LogP contribution is -2.23. The molecule has 0 aliphatic carbocycles. The second-order valence-corrected chi connectivity index (χ2v) is 5.56. The zero-order chi connectivity index (χ0) is 15.2. The molecule has 0 amide bonds. The summed E-state index contributed by atoms with van der Waals surface area (Å²) < 4.78 is 5.22. The molecular formula is C16H20N2O2S. The van der Waals surface area contributed by atoms with E-state index in [2.05, 4.69) is 10.2 Å². The number of benzene rings is 1. The Hall–Kier alpha value is -1.62. The first kappa shape index (κ1) is 15.8. The first-order valence-electron chi connectivity index (χ1n) is 7.10. The molecule has 0 fully saturated rings. The maximum Gasteiger partial charge on any atom is 0.337 e. The van der Waals surface area contributed by atoms with Gasteiger partial charge < -0.3 is 4.74 Å². The Morgan fingerprint density at radius 3 is 2.52 bits per heavy atom. The molecule has 0 bridgehead atoms. The van der Waals surface area contributed by atoms with E-state index >= 15 is 0 Å². The van der Waals surface area contributed by atoms with Crippen LogP contribution in [0.2, 0.25) is 0 Å². The van der Waals surface area contributed by atoms with Gasteiger partial charge in [-0.3, -0.25) is 0 Å². The monoisotopic (exact) mass is 304 g/mol. The van der Waals surface area contributed by atoms with Crippen molar-refractivity contribution >= 4 is 17.7 Å². The Bertz CT molecular complexity index is 555. The molecule has 21 heavy (non-hydrogen) atoms. The zero-order valence-corrected chi connectivity index (χ0v) is 13.4. The standard InChI is InChI=1S/C16H20N2O2S/c1-4-12-13(16(19)20-5-2)15(21-3)18-17-14(12)11-9-7-6-8-10-11/h6-10,14-15H,4-5H2,1-3H3. The Morgan fingerprint density at radius 2 is 1.95 bits per heavy atom. The van der Waals surface area contributed by atoms with Gasteiger partial charge in [-0.2, -0.15) is 10.2 Å². The average molecular weight is 304 g/mol. The highest BCUT2D eigenvalue weighted by molar-refractivity contribution is 7.99. The lowest BCUT2D eigenvalue weighted by molar-refractivity contribution is -0.138. The number of carbonyl (C=O) groups excluding carboxylic acids is 1. The summed E-state index contributed by atoms with van der Waals surface area (Å²) in [6, 6.07) is 9.77. The molecule has 2 atom stereocenters. The van der Waals surface area contributed by atoms with Gasteiger partial charge in [0.1, 0.15) is 11.4 Å². The van der Waals surface area contributed by atoms with Crippen molar-refractivity contribution < 1.29 is 9.53 Å². The minimum Gasteiger partial charge on any atom is -0.463 e. The molecule has 1 heterocycles. The van der Waals surface area contributed by atoms with E-state index in [0.29, 0.717) is 12.2 Å². The van der Waals surface area contributed by atoms with Crippen molar-refractivity contribution in [1.29, 1.82) is 0 Å². The fraction of sp³-hybridized carbons (Fsp3) is 0.438. The first-order valence-corrected chi connectivity index (χ1v) is 8.39. The van der Waals surface area contributed by atoms with E-state index in [1.54, 1.807) is 0 Å². The SMILES string of the molecule is CCOC(=O)C1=C(CC)C(c2ccccc2)N=NC1SC. The number of hydrogen-bond donors (Lipinski definition) is 0. The number of thioether (sulfide) groups is 1. The van der Waals surface area contributed by atoms with Crippen molar-refractivity contribution in [3.05, 3.63) is 47.0 Å². The molecular weight excluding hydrogens is 284 g/mol. The molecule has 1 aromatic rings. The predicted molar refractivity (Wildman–Crippen MR) is 85.3 cm³/mol. The summed E-state index contributed by atoms with van der Waals surface area (Å²) in [7, 11) is 0. The number of azo groups is 1. The van der Waals surface area contributed by atoms with E-state index in [0.717, 1.165) is 17.6 Å². The fourth-order valence-corrected chi connectivity index (χ4v) is 3.09. The molecule has 112 valence electrons. The van der Waals surface area contributed by atoms with Crippen molar-refractivity contribution in [2.24, 2.45) is 10.2 Å². The van der Waals surface area contributed by atoms with Crippen molar-refractivity contribution in [2.45, 2.75) is 31.7 Å². The molecule has 1 aliphatic rings. The van der Waals surface area contributed by atoms with Gasteiger partial charge in [0.15, 0.2) is 0 Å². The van der Waals surface area contributed by atoms with E-state index in [1.165, 1.54) is 11.8 Å². The summed E-state index contributed by atoms with van der Waals surface area (Å²) in [6.07, 6.45) is 2.68. The zero-order valence-electron chi connectivity index (χ0n) is 12.6. The van der Waals surface area contributed by atoms with Crippen LogP contribution in [0.5, 0.6) is 0 Å². The molecule has 0 saturated heterocycles. The minimum atomic E-state index is -0.270. The third kappa shape index (κ3) is 3.35. The second kappa shape index (κ2) is 7.41. The van der Waals surface area contributed by atoms with Gasteiger partial charge in [-0.15, -0.1) is 11.8 Å². The number of carbonyl (C=O) groups is 1. The summed E-state index contributed by atoms with van der Waals surface area (Å²) >= 11 is 1.51. The summed E-state index contributed by atoms with van der Waals surface area (Å²) in [5.74, 6) is -0.270. The molecule has 0 radical (unpaired) electrons. The highest BCUT2D eigenvalue weighted by Gasteiger charge is 2.32. The van der Waals surface area contributed by atoms with Crippen LogP contribution in [0, 0.1) is 0 Å². The van der Waals surface area contributed by atoms with Crippen LogP contribution in [-0.4, -0.2) is 24.2 Å². The molecule has 4 nitrogen and oxygen atoms in total. The normalized spacial score (nSPS) is 21.5. The van der Waals surface area contributed by atoms with E-state index in [9.17, 15) is 4.79 Å². The average Bonchev–Trinajstić information content (AvgIpc) is 2.54. The molecule has 0 saturated carbocycles. The maximum atomic E-state index is 12.3. The van der Waals surface area contributed by atoms with Crippen molar-refractivity contribution in [3.63, 3.8) is 0 Å². The van der Waals surface area contributed by atoms with Gasteiger partial charge in [-0.05, 0) is 30.7 Å². The minimum absolute atomic E-state index is 0.181. The highest BCUT2D eigenvalue weighted by Crippen LogP contribution is 2.39. The van der Waals surface area contributed by atoms with Gasteiger partial charge in [0.25, 0.3) is 0 Å². The second-order valence-electron chi connectivity index (χ2n) is 4.65. The van der Waals surface area contributed by atoms with Gasteiger partial charge in [0.2, 0.25) is 0 Å². The highest BCUT2D eigenvalue weighted by atomic mass is 32.2. The predicted octanol–water partition coefficient (Wildman–Crippen LogP) is 4.15. The van der Waals surface area contributed by atoms with Crippen LogP contribution >= 0.6 is 11.8 Å². The topological polar surface area (TPSA) is 51.0 Å². The molecule has 0 spiro atoms. The molecule has 1 aromatic carbocycles. The number of esters is 1. The molecule has 0 N–H and O–H groups in total. The number of nitrogens with zero attached hydrogens (tertiary/aromatic N) is 2. The quantitative estimate of drug-likeness (QED) is 0.768. The number of rotatable bonds is 5. The summed E-state index contributed by atoms with van der Waals surface area (Å²) in [4.78, 5) is 12.3. The molecule has 2 rings (SSSR count). The van der Waals surface area contributed by atoms with Crippen molar-refractivity contribution in [1.82, 2.24) is 0 Å². The third-order valence-electron chi connectivity index (χ3n) is 3.42.